The van der Waals surface area contributed by atoms with Crippen LogP contribution in [0, 0.1) is 5.92 Å². The molecule has 23 heavy (non-hydrogen) atoms. The quantitative estimate of drug-likeness (QED) is 0.670. The van der Waals surface area contributed by atoms with E-state index >= 15 is 0 Å². The van der Waals surface area contributed by atoms with E-state index in [4.69, 9.17) is 4.74 Å². The lowest BCUT2D eigenvalue weighted by atomic mass is 10.0. The van der Waals surface area contributed by atoms with E-state index in [9.17, 15) is 9.59 Å². The van der Waals surface area contributed by atoms with E-state index in [1.807, 2.05) is 34.6 Å². The van der Waals surface area contributed by atoms with E-state index in [1.54, 1.807) is 0 Å². The summed E-state index contributed by atoms with van der Waals surface area (Å²) >= 11 is 0. The summed E-state index contributed by atoms with van der Waals surface area (Å²) in [6.45, 7) is 10.8. The molecule has 0 heterocycles. The molecule has 3 N–H and O–H groups in total. The number of alkyl carbamates (subject to hydrolysis) is 1. The Morgan fingerprint density at radius 2 is 1.91 bits per heavy atom. The van der Waals surface area contributed by atoms with E-state index in [0.717, 1.165) is 25.7 Å². The highest BCUT2D eigenvalue weighted by atomic mass is 16.6. The minimum absolute atomic E-state index is 0.0394. The SMILES string of the molecule is CCCNC(=O)C(C)NC1CCCC1CNC(=O)OC(C)(C)C. The second-order valence-corrected chi connectivity index (χ2v) is 7.36. The van der Waals surface area contributed by atoms with Gasteiger partial charge in [-0.3, -0.25) is 4.79 Å². The molecule has 6 heteroatoms. The van der Waals surface area contributed by atoms with Crippen LogP contribution in [0.4, 0.5) is 4.79 Å². The molecule has 1 fully saturated rings. The van der Waals surface area contributed by atoms with Gasteiger partial charge in [-0.2, -0.15) is 0 Å². The first-order chi connectivity index (χ1) is 10.7. The van der Waals surface area contributed by atoms with Crippen LogP contribution in [0.5, 0.6) is 0 Å². The highest BCUT2D eigenvalue weighted by Gasteiger charge is 2.30. The summed E-state index contributed by atoms with van der Waals surface area (Å²) < 4.78 is 5.26. The molecule has 0 aromatic carbocycles. The van der Waals surface area contributed by atoms with Gasteiger partial charge >= 0.3 is 6.09 Å². The smallest absolute Gasteiger partial charge is 0.407 e. The Balaban J connectivity index is 2.39. The van der Waals surface area contributed by atoms with Crippen molar-refractivity contribution >= 4 is 12.0 Å². The monoisotopic (exact) mass is 327 g/mol. The van der Waals surface area contributed by atoms with Crippen LogP contribution < -0.4 is 16.0 Å². The Hall–Kier alpha value is -1.30. The molecule has 0 aromatic rings. The summed E-state index contributed by atoms with van der Waals surface area (Å²) in [6, 6.07) is 0.0426. The lowest BCUT2D eigenvalue weighted by Crippen LogP contribution is -2.49. The first-order valence-electron chi connectivity index (χ1n) is 8.73. The van der Waals surface area contributed by atoms with Crippen molar-refractivity contribution in [1.82, 2.24) is 16.0 Å². The van der Waals surface area contributed by atoms with E-state index in [0.29, 0.717) is 19.0 Å². The van der Waals surface area contributed by atoms with Crippen LogP contribution in [0.3, 0.4) is 0 Å². The average molecular weight is 327 g/mol. The second kappa shape index (κ2) is 9.11. The Morgan fingerprint density at radius 3 is 2.52 bits per heavy atom. The summed E-state index contributed by atoms with van der Waals surface area (Å²) in [4.78, 5) is 23.7. The van der Waals surface area contributed by atoms with Crippen molar-refractivity contribution in [3.63, 3.8) is 0 Å². The van der Waals surface area contributed by atoms with E-state index in [1.165, 1.54) is 0 Å². The Labute approximate surface area is 140 Å². The third-order valence-corrected chi connectivity index (χ3v) is 3.97. The maximum Gasteiger partial charge on any atom is 0.407 e. The van der Waals surface area contributed by atoms with Gasteiger partial charge in [0.2, 0.25) is 5.91 Å². The largest absolute Gasteiger partial charge is 0.444 e. The van der Waals surface area contributed by atoms with Crippen LogP contribution in [0.25, 0.3) is 0 Å². The van der Waals surface area contributed by atoms with Gasteiger partial charge in [0, 0.05) is 19.1 Å². The average Bonchev–Trinajstić information content (AvgIpc) is 2.87. The highest BCUT2D eigenvalue weighted by molar-refractivity contribution is 5.81. The molecule has 0 aliphatic heterocycles. The predicted molar refractivity (Wildman–Crippen MR) is 91.3 cm³/mol. The fourth-order valence-electron chi connectivity index (χ4n) is 2.83. The fraction of sp³-hybridized carbons (Fsp3) is 0.882. The zero-order chi connectivity index (χ0) is 17.5. The van der Waals surface area contributed by atoms with Crippen LogP contribution in [-0.2, 0) is 9.53 Å². The van der Waals surface area contributed by atoms with E-state index < -0.39 is 5.60 Å². The van der Waals surface area contributed by atoms with Gasteiger partial charge in [-0.1, -0.05) is 13.3 Å². The summed E-state index contributed by atoms with van der Waals surface area (Å²) in [5.41, 5.74) is -0.483. The predicted octanol–water partition coefficient (Wildman–Crippen LogP) is 2.18. The number of amides is 2. The molecular formula is C17H33N3O3. The summed E-state index contributed by atoms with van der Waals surface area (Å²) in [5.74, 6) is 0.376. The molecule has 0 saturated heterocycles. The number of hydrogen-bond donors (Lipinski definition) is 3. The third kappa shape index (κ3) is 7.68. The number of hydrogen-bond acceptors (Lipinski definition) is 4. The molecular weight excluding hydrogens is 294 g/mol. The molecule has 3 unspecified atom stereocenters. The number of rotatable bonds is 7. The number of nitrogens with one attached hydrogen (secondary N) is 3. The van der Waals surface area contributed by atoms with Crippen molar-refractivity contribution in [2.24, 2.45) is 5.92 Å². The molecule has 134 valence electrons. The molecule has 0 spiro atoms. The van der Waals surface area contributed by atoms with Gasteiger partial charge in [0.1, 0.15) is 5.60 Å². The van der Waals surface area contributed by atoms with Gasteiger partial charge < -0.3 is 20.7 Å². The Morgan fingerprint density at radius 1 is 1.22 bits per heavy atom. The van der Waals surface area contributed by atoms with Gasteiger partial charge in [0.05, 0.1) is 6.04 Å². The van der Waals surface area contributed by atoms with Crippen LogP contribution in [0.15, 0.2) is 0 Å². The molecule has 2 amide bonds. The van der Waals surface area contributed by atoms with Gasteiger partial charge in [-0.05, 0) is 52.9 Å². The first kappa shape index (κ1) is 19.7. The normalized spacial score (nSPS) is 22.5. The first-order valence-corrected chi connectivity index (χ1v) is 8.73. The Kier molecular flexibility index (Phi) is 7.82. The van der Waals surface area contributed by atoms with E-state index in [2.05, 4.69) is 16.0 Å². The number of ether oxygens (including phenoxy) is 1. The molecule has 1 aliphatic carbocycles. The van der Waals surface area contributed by atoms with E-state index in [-0.39, 0.29) is 24.1 Å². The molecule has 1 saturated carbocycles. The van der Waals surface area contributed by atoms with Gasteiger partial charge in [-0.25, -0.2) is 4.79 Å². The van der Waals surface area contributed by atoms with Crippen molar-refractivity contribution in [3.8, 4) is 0 Å². The maximum absolute atomic E-state index is 12.0. The second-order valence-electron chi connectivity index (χ2n) is 7.36. The zero-order valence-corrected chi connectivity index (χ0v) is 15.2. The molecule has 1 aliphatic rings. The van der Waals surface area contributed by atoms with Gasteiger partial charge in [-0.15, -0.1) is 0 Å². The standard InChI is InChI=1S/C17H33N3O3/c1-6-10-18-15(21)12(2)20-14-9-7-8-13(14)11-19-16(22)23-17(3,4)5/h12-14,20H,6-11H2,1-5H3,(H,18,21)(H,19,22). The third-order valence-electron chi connectivity index (χ3n) is 3.97. The van der Waals surface area contributed by atoms with Crippen molar-refractivity contribution in [2.75, 3.05) is 13.1 Å². The van der Waals surface area contributed by atoms with Crippen LogP contribution in [-0.4, -0.2) is 42.8 Å². The van der Waals surface area contributed by atoms with Gasteiger partial charge in [0.15, 0.2) is 0 Å². The molecule has 3 atom stereocenters. The van der Waals surface area contributed by atoms with Crippen LogP contribution >= 0.6 is 0 Å². The minimum Gasteiger partial charge on any atom is -0.444 e. The molecule has 6 nitrogen and oxygen atoms in total. The minimum atomic E-state index is -0.483. The van der Waals surface area contributed by atoms with Crippen molar-refractivity contribution < 1.29 is 14.3 Å². The van der Waals surface area contributed by atoms with Crippen molar-refractivity contribution in [1.29, 1.82) is 0 Å². The summed E-state index contributed by atoms with van der Waals surface area (Å²) in [7, 11) is 0. The molecule has 0 bridgehead atoms. The van der Waals surface area contributed by atoms with Gasteiger partial charge in [0.25, 0.3) is 0 Å². The lowest BCUT2D eigenvalue weighted by molar-refractivity contribution is -0.123. The van der Waals surface area contributed by atoms with Crippen LogP contribution in [0.1, 0.15) is 60.3 Å². The maximum atomic E-state index is 12.0. The lowest BCUT2D eigenvalue weighted by Gasteiger charge is -2.26. The van der Waals surface area contributed by atoms with Crippen molar-refractivity contribution in [3.05, 3.63) is 0 Å². The molecule has 0 radical (unpaired) electrons. The zero-order valence-electron chi connectivity index (χ0n) is 15.2. The van der Waals surface area contributed by atoms with Crippen LogP contribution in [0.2, 0.25) is 0 Å². The number of carbonyl (C=O) groups is 2. The molecule has 0 aromatic heterocycles. The number of carbonyl (C=O) groups excluding carboxylic acids is 2. The Bertz CT molecular complexity index is 393. The summed E-state index contributed by atoms with van der Waals surface area (Å²) in [6.07, 6.45) is 3.76. The summed E-state index contributed by atoms with van der Waals surface area (Å²) in [5, 5.41) is 9.16. The van der Waals surface area contributed by atoms with Crippen molar-refractivity contribution in [2.45, 2.75) is 78.0 Å². The molecule has 1 rings (SSSR count). The fourth-order valence-corrected chi connectivity index (χ4v) is 2.83. The topological polar surface area (TPSA) is 79.5 Å². The highest BCUT2D eigenvalue weighted by Crippen LogP contribution is 2.25.